The summed E-state index contributed by atoms with van der Waals surface area (Å²) < 4.78 is 33.5. The number of nitrogens with two attached hydrogens (primary N) is 1. The van der Waals surface area contributed by atoms with Gasteiger partial charge in [0.1, 0.15) is 12.1 Å². The second kappa shape index (κ2) is 14.3. The molecule has 3 aromatic rings. The van der Waals surface area contributed by atoms with E-state index in [-0.39, 0.29) is 23.1 Å². The minimum Gasteiger partial charge on any atom is -0.494 e. The fourth-order valence-corrected chi connectivity index (χ4v) is 4.90. The lowest BCUT2D eigenvalue weighted by Gasteiger charge is -2.30. The van der Waals surface area contributed by atoms with Gasteiger partial charge < -0.3 is 30.7 Å². The largest absolute Gasteiger partial charge is 0.494 e. The molecule has 1 aromatic heterocycles. The third-order valence-electron chi connectivity index (χ3n) is 7.23. The molecule has 0 spiro atoms. The summed E-state index contributed by atoms with van der Waals surface area (Å²) in [6, 6.07) is 5.51. The highest BCUT2D eigenvalue weighted by molar-refractivity contribution is 5.92. The fourth-order valence-electron chi connectivity index (χ4n) is 4.90. The van der Waals surface area contributed by atoms with Crippen molar-refractivity contribution in [3.8, 4) is 5.75 Å². The molecule has 236 valence electrons. The summed E-state index contributed by atoms with van der Waals surface area (Å²) in [5, 5.41) is 13.5. The first-order valence-electron chi connectivity index (χ1n) is 14.3. The Kier molecular flexibility index (Phi) is 10.5. The van der Waals surface area contributed by atoms with Crippen molar-refractivity contribution in [2.45, 2.75) is 38.7 Å². The number of halogens is 2. The van der Waals surface area contributed by atoms with Crippen molar-refractivity contribution in [3.63, 3.8) is 0 Å². The van der Waals surface area contributed by atoms with Crippen LogP contribution in [0.3, 0.4) is 0 Å². The molecule has 0 radical (unpaired) electrons. The Morgan fingerprint density at radius 1 is 1.09 bits per heavy atom. The van der Waals surface area contributed by atoms with Crippen molar-refractivity contribution in [1.29, 1.82) is 0 Å². The number of aromatic nitrogens is 3. The number of ether oxygens (including phenoxy) is 1. The molecular formula is C30H39F2N9O3. The number of nitrogens with zero attached hydrogens (tertiary/aromatic N) is 5. The van der Waals surface area contributed by atoms with E-state index in [0.29, 0.717) is 11.4 Å². The number of rotatable bonds is 13. The van der Waals surface area contributed by atoms with Crippen molar-refractivity contribution in [3.05, 3.63) is 59.4 Å². The highest BCUT2D eigenvalue weighted by Crippen LogP contribution is 2.36. The molecule has 12 nitrogen and oxygen atoms in total. The number of benzene rings is 2. The predicted octanol–water partition coefficient (Wildman–Crippen LogP) is 3.99. The van der Waals surface area contributed by atoms with Gasteiger partial charge in [-0.25, -0.2) is 13.8 Å². The number of hydrogen-bond acceptors (Lipinski definition) is 11. The number of likely N-dealkylation sites (N-methyl/N-ethyl adjacent to an activating group) is 1. The maximum Gasteiger partial charge on any atom is 0.246 e. The van der Waals surface area contributed by atoms with Gasteiger partial charge in [-0.2, -0.15) is 9.97 Å². The van der Waals surface area contributed by atoms with Crippen LogP contribution in [0.1, 0.15) is 44.2 Å². The molecule has 6 N–H and O–H groups in total. The van der Waals surface area contributed by atoms with Crippen LogP contribution >= 0.6 is 0 Å². The van der Waals surface area contributed by atoms with Crippen LogP contribution in [0.25, 0.3) is 6.08 Å². The molecule has 1 aliphatic rings. The van der Waals surface area contributed by atoms with E-state index in [0.717, 1.165) is 49.6 Å². The van der Waals surface area contributed by atoms with E-state index in [1.165, 1.54) is 45.5 Å². The number of likely N-dealkylation sites (tertiary alicyclic amines) is 1. The summed E-state index contributed by atoms with van der Waals surface area (Å²) in [7, 11) is 3.53. The number of hydrogen-bond donors (Lipinski definition) is 5. The van der Waals surface area contributed by atoms with Gasteiger partial charge in [-0.05, 0) is 58.0 Å². The van der Waals surface area contributed by atoms with E-state index >= 15 is 0 Å². The van der Waals surface area contributed by atoms with Gasteiger partial charge in [-0.3, -0.25) is 15.6 Å². The molecule has 1 saturated heterocycles. The summed E-state index contributed by atoms with van der Waals surface area (Å²) >= 11 is 0. The standard InChI is InChI=1S/C30H39F2N9O3/c1-30(2,43)20-15-21(31)22(32)16-23(20)38-39-29-35-18-34-28(37-29)36-24-14-19(8-9-27(33)42)25(17-26(24)44-4)40(3)12-13-41-10-6-5-7-11-41/h8-9,14-18,38,43H,5-7,10-13H2,1-4H3,(H2,33,42)(H2,34,35,36,37,39). The van der Waals surface area contributed by atoms with Gasteiger partial charge in [0.2, 0.25) is 17.8 Å². The first-order chi connectivity index (χ1) is 20.9. The third kappa shape index (κ3) is 8.51. The molecule has 0 atom stereocenters. The van der Waals surface area contributed by atoms with Crippen LogP contribution < -0.4 is 31.5 Å². The van der Waals surface area contributed by atoms with Gasteiger partial charge in [0.15, 0.2) is 11.6 Å². The van der Waals surface area contributed by atoms with Gasteiger partial charge in [0, 0.05) is 55.2 Å². The maximum atomic E-state index is 14.0. The lowest BCUT2D eigenvalue weighted by molar-refractivity contribution is -0.113. The molecule has 2 aromatic carbocycles. The monoisotopic (exact) mass is 611 g/mol. The smallest absolute Gasteiger partial charge is 0.246 e. The number of methoxy groups -OCH3 is 1. The first kappa shape index (κ1) is 32.4. The Labute approximate surface area is 255 Å². The lowest BCUT2D eigenvalue weighted by Crippen LogP contribution is -2.36. The highest BCUT2D eigenvalue weighted by Gasteiger charge is 2.23. The molecule has 1 amide bonds. The number of primary amides is 1. The molecule has 0 bridgehead atoms. The van der Waals surface area contributed by atoms with Gasteiger partial charge in [0.25, 0.3) is 0 Å². The van der Waals surface area contributed by atoms with Crippen molar-refractivity contribution in [2.24, 2.45) is 5.73 Å². The van der Waals surface area contributed by atoms with Crippen molar-refractivity contribution in [1.82, 2.24) is 19.9 Å². The van der Waals surface area contributed by atoms with Crippen LogP contribution in [-0.2, 0) is 10.4 Å². The summed E-state index contributed by atoms with van der Waals surface area (Å²) in [6.07, 6.45) is 7.89. The second-order valence-corrected chi connectivity index (χ2v) is 11.0. The minimum atomic E-state index is -1.46. The first-order valence-corrected chi connectivity index (χ1v) is 14.3. The van der Waals surface area contributed by atoms with E-state index in [9.17, 15) is 18.7 Å². The van der Waals surface area contributed by atoms with Crippen molar-refractivity contribution in [2.75, 3.05) is 61.4 Å². The summed E-state index contributed by atoms with van der Waals surface area (Å²) in [5.41, 5.74) is 11.7. The number of hydrazine groups is 1. The van der Waals surface area contributed by atoms with E-state index in [4.69, 9.17) is 10.5 Å². The molecule has 1 fully saturated rings. The summed E-state index contributed by atoms with van der Waals surface area (Å²) in [6.45, 7) is 6.77. The van der Waals surface area contributed by atoms with Gasteiger partial charge in [-0.1, -0.05) is 6.42 Å². The van der Waals surface area contributed by atoms with Crippen LogP contribution in [0.15, 0.2) is 36.7 Å². The topological polar surface area (TPSA) is 154 Å². The number of carbonyl (C=O) groups excluding carboxylic acids is 1. The Morgan fingerprint density at radius 3 is 2.48 bits per heavy atom. The minimum absolute atomic E-state index is 0.0517. The Balaban J connectivity index is 1.56. The number of carbonyl (C=O) groups is 1. The fraction of sp³-hybridized carbons (Fsp3) is 0.400. The molecule has 2 heterocycles. The summed E-state index contributed by atoms with van der Waals surface area (Å²) in [4.78, 5) is 28.7. The van der Waals surface area contributed by atoms with Crippen molar-refractivity contribution < 1.29 is 23.4 Å². The summed E-state index contributed by atoms with van der Waals surface area (Å²) in [5.74, 6) is -2.05. The number of anilines is 5. The quantitative estimate of drug-likeness (QED) is 0.141. The van der Waals surface area contributed by atoms with Gasteiger partial charge in [-0.15, -0.1) is 0 Å². The molecule has 0 unspecified atom stereocenters. The van der Waals surface area contributed by atoms with Crippen LogP contribution in [0.2, 0.25) is 0 Å². The molecule has 44 heavy (non-hydrogen) atoms. The maximum absolute atomic E-state index is 14.0. The molecule has 1 aliphatic heterocycles. The zero-order valence-electron chi connectivity index (χ0n) is 25.3. The second-order valence-electron chi connectivity index (χ2n) is 11.0. The van der Waals surface area contributed by atoms with Crippen LogP contribution in [0.4, 0.5) is 37.7 Å². The number of aliphatic hydroxyl groups is 1. The van der Waals surface area contributed by atoms with Crippen LogP contribution in [0.5, 0.6) is 5.75 Å². The SMILES string of the molecule is COc1cc(N(C)CCN2CCCCC2)c(C=CC(N)=O)cc1Nc1ncnc(NNc2cc(F)c(F)cc2C(C)(C)O)n1. The predicted molar refractivity (Wildman–Crippen MR) is 167 cm³/mol. The Bertz CT molecular complexity index is 1490. The van der Waals surface area contributed by atoms with Gasteiger partial charge >= 0.3 is 0 Å². The van der Waals surface area contributed by atoms with Crippen molar-refractivity contribution >= 4 is 40.9 Å². The number of nitrogens with one attached hydrogen (secondary N) is 3. The third-order valence-corrected chi connectivity index (χ3v) is 7.23. The average Bonchev–Trinajstić information content (AvgIpc) is 2.99. The lowest BCUT2D eigenvalue weighted by atomic mass is 9.96. The molecule has 14 heteroatoms. The Hall–Kier alpha value is -4.56. The number of piperidine rings is 1. The zero-order valence-corrected chi connectivity index (χ0v) is 25.3. The molecule has 0 aliphatic carbocycles. The molecule has 4 rings (SSSR count). The van der Waals surface area contributed by atoms with Gasteiger partial charge in [0.05, 0.1) is 24.1 Å². The normalized spacial score (nSPS) is 14.0. The van der Waals surface area contributed by atoms with E-state index in [1.807, 2.05) is 13.1 Å². The zero-order chi connectivity index (χ0) is 31.9. The van der Waals surface area contributed by atoms with E-state index < -0.39 is 23.1 Å². The van der Waals surface area contributed by atoms with E-state index in [1.54, 1.807) is 19.3 Å². The Morgan fingerprint density at radius 2 is 1.80 bits per heavy atom. The van der Waals surface area contributed by atoms with Crippen LogP contribution in [0, 0.1) is 11.6 Å². The number of amides is 1. The van der Waals surface area contributed by atoms with Crippen LogP contribution in [-0.4, -0.2) is 71.2 Å². The molecular weight excluding hydrogens is 572 g/mol. The average molecular weight is 612 g/mol. The highest BCUT2D eigenvalue weighted by atomic mass is 19.2. The van der Waals surface area contributed by atoms with E-state index in [2.05, 4.69) is 40.9 Å². The molecule has 0 saturated carbocycles.